The summed E-state index contributed by atoms with van der Waals surface area (Å²) in [4.78, 5) is 21.0. The Bertz CT molecular complexity index is 745. The van der Waals surface area contributed by atoms with Crippen molar-refractivity contribution in [1.29, 1.82) is 0 Å². The summed E-state index contributed by atoms with van der Waals surface area (Å²) >= 11 is 0. The zero-order valence-electron chi connectivity index (χ0n) is 12.8. The normalized spacial score (nSPS) is 14.8. The Morgan fingerprint density at radius 2 is 2.08 bits per heavy atom. The van der Waals surface area contributed by atoms with Gasteiger partial charge in [-0.1, -0.05) is 12.1 Å². The molecule has 0 saturated carbocycles. The Kier molecular flexibility index (Phi) is 4.92. The van der Waals surface area contributed by atoms with E-state index in [2.05, 4.69) is 25.4 Å². The lowest BCUT2D eigenvalue weighted by molar-refractivity contribution is -0.385. The number of ether oxygens (including phenoxy) is 1. The van der Waals surface area contributed by atoms with Crippen LogP contribution in [0.4, 0.5) is 17.3 Å². The van der Waals surface area contributed by atoms with Gasteiger partial charge in [0.1, 0.15) is 12.1 Å². The lowest BCUT2D eigenvalue weighted by atomic mass is 10.2. The molecule has 1 aliphatic rings. The molecule has 0 bridgehead atoms. The van der Waals surface area contributed by atoms with Crippen LogP contribution in [0.1, 0.15) is 5.56 Å². The zero-order chi connectivity index (χ0) is 16.8. The summed E-state index contributed by atoms with van der Waals surface area (Å²) in [6.45, 7) is 2.89. The molecule has 9 heteroatoms. The second kappa shape index (κ2) is 7.47. The van der Waals surface area contributed by atoms with Crippen molar-refractivity contribution in [3.05, 3.63) is 52.3 Å². The summed E-state index contributed by atoms with van der Waals surface area (Å²) in [5.41, 5.74) is 3.19. The predicted octanol–water partition coefficient (Wildman–Crippen LogP) is 1.67. The van der Waals surface area contributed by atoms with E-state index in [0.717, 1.165) is 18.9 Å². The molecule has 1 aromatic heterocycles. The van der Waals surface area contributed by atoms with E-state index in [1.165, 1.54) is 18.6 Å². The van der Waals surface area contributed by atoms with E-state index in [0.29, 0.717) is 24.6 Å². The second-order valence-electron chi connectivity index (χ2n) is 5.05. The molecule has 9 nitrogen and oxygen atoms in total. The van der Waals surface area contributed by atoms with Crippen LogP contribution in [0.5, 0.6) is 0 Å². The van der Waals surface area contributed by atoms with Gasteiger partial charge < -0.3 is 9.64 Å². The maximum Gasteiger partial charge on any atom is 0.278 e. The number of hydrogen-bond donors (Lipinski definition) is 1. The van der Waals surface area contributed by atoms with Crippen molar-refractivity contribution in [1.82, 2.24) is 9.97 Å². The van der Waals surface area contributed by atoms with Gasteiger partial charge >= 0.3 is 0 Å². The SMILES string of the molecule is O=[N+]([O-])c1ccccc1/C=N/Nc1cc(N2CCOCC2)ncn1. The molecule has 0 radical (unpaired) electrons. The second-order valence-corrected chi connectivity index (χ2v) is 5.05. The Labute approximate surface area is 138 Å². The molecule has 24 heavy (non-hydrogen) atoms. The first kappa shape index (κ1) is 15.8. The van der Waals surface area contributed by atoms with Gasteiger partial charge in [-0.2, -0.15) is 5.10 Å². The van der Waals surface area contributed by atoms with Crippen LogP contribution in [0.3, 0.4) is 0 Å². The maximum absolute atomic E-state index is 11.0. The number of nitro groups is 1. The summed E-state index contributed by atoms with van der Waals surface area (Å²) in [6, 6.07) is 8.17. The highest BCUT2D eigenvalue weighted by molar-refractivity contribution is 5.85. The minimum absolute atomic E-state index is 0.000238. The third-order valence-electron chi connectivity index (χ3n) is 3.50. The first-order chi connectivity index (χ1) is 11.7. The van der Waals surface area contributed by atoms with Crippen LogP contribution in [0.25, 0.3) is 0 Å². The summed E-state index contributed by atoms with van der Waals surface area (Å²) in [5.74, 6) is 1.30. The number of anilines is 2. The standard InChI is InChI=1S/C15H16N6O3/c22-21(23)13-4-2-1-3-12(13)10-18-19-14-9-15(17-11-16-14)20-5-7-24-8-6-20/h1-4,9-11H,5-8H2,(H,16,17,19)/b18-10+. The Balaban J connectivity index is 1.69. The van der Waals surface area contributed by atoms with Crippen LogP contribution in [0.15, 0.2) is 41.8 Å². The molecule has 0 spiro atoms. The van der Waals surface area contributed by atoms with Crippen LogP contribution >= 0.6 is 0 Å². The highest BCUT2D eigenvalue weighted by Gasteiger charge is 2.13. The van der Waals surface area contributed by atoms with Gasteiger partial charge in [-0.3, -0.25) is 15.5 Å². The van der Waals surface area contributed by atoms with E-state index in [4.69, 9.17) is 4.74 Å². The summed E-state index contributed by atoms with van der Waals surface area (Å²) < 4.78 is 5.32. The third-order valence-corrected chi connectivity index (χ3v) is 3.50. The molecule has 2 heterocycles. The average molecular weight is 328 g/mol. The Morgan fingerprint density at radius 1 is 1.29 bits per heavy atom. The average Bonchev–Trinajstić information content (AvgIpc) is 2.63. The number of nitro benzene ring substituents is 1. The van der Waals surface area contributed by atoms with Crippen LogP contribution < -0.4 is 10.3 Å². The number of para-hydroxylation sites is 1. The number of hydrazone groups is 1. The molecule has 1 aliphatic heterocycles. The lowest BCUT2D eigenvalue weighted by Gasteiger charge is -2.27. The zero-order valence-corrected chi connectivity index (χ0v) is 12.8. The van der Waals surface area contributed by atoms with Crippen LogP contribution in [0.2, 0.25) is 0 Å². The topological polar surface area (TPSA) is 106 Å². The molecular weight excluding hydrogens is 312 g/mol. The van der Waals surface area contributed by atoms with Gasteiger partial charge in [-0.15, -0.1) is 0 Å². The van der Waals surface area contributed by atoms with E-state index < -0.39 is 4.92 Å². The van der Waals surface area contributed by atoms with E-state index in [-0.39, 0.29) is 5.69 Å². The Hall–Kier alpha value is -3.07. The fourth-order valence-corrected chi connectivity index (χ4v) is 2.30. The Morgan fingerprint density at radius 3 is 2.88 bits per heavy atom. The van der Waals surface area contributed by atoms with Crippen molar-refractivity contribution in [3.63, 3.8) is 0 Å². The molecule has 1 fully saturated rings. The molecule has 0 unspecified atom stereocenters. The molecule has 0 atom stereocenters. The minimum Gasteiger partial charge on any atom is -0.378 e. The monoisotopic (exact) mass is 328 g/mol. The van der Waals surface area contributed by atoms with E-state index >= 15 is 0 Å². The highest BCUT2D eigenvalue weighted by atomic mass is 16.6. The minimum atomic E-state index is -0.442. The van der Waals surface area contributed by atoms with Crippen LogP contribution in [0, 0.1) is 10.1 Å². The molecular formula is C15H16N6O3. The number of rotatable bonds is 5. The van der Waals surface area contributed by atoms with Gasteiger partial charge in [0.2, 0.25) is 0 Å². The smallest absolute Gasteiger partial charge is 0.278 e. The fraction of sp³-hybridized carbons (Fsp3) is 0.267. The van der Waals surface area contributed by atoms with Gasteiger partial charge in [0.25, 0.3) is 5.69 Å². The molecule has 1 N–H and O–H groups in total. The van der Waals surface area contributed by atoms with Crippen LogP contribution in [-0.2, 0) is 4.74 Å². The molecule has 0 amide bonds. The molecule has 124 valence electrons. The molecule has 1 saturated heterocycles. The number of benzene rings is 1. The van der Waals surface area contributed by atoms with E-state index in [1.54, 1.807) is 24.3 Å². The number of nitrogens with zero attached hydrogens (tertiary/aromatic N) is 5. The van der Waals surface area contributed by atoms with Crippen molar-refractivity contribution in [3.8, 4) is 0 Å². The van der Waals surface area contributed by atoms with Crippen molar-refractivity contribution in [2.24, 2.45) is 5.10 Å². The van der Waals surface area contributed by atoms with Gasteiger partial charge in [0.05, 0.1) is 29.9 Å². The molecule has 1 aromatic carbocycles. The maximum atomic E-state index is 11.0. The van der Waals surface area contributed by atoms with Gasteiger partial charge in [0.15, 0.2) is 5.82 Å². The fourth-order valence-electron chi connectivity index (χ4n) is 2.30. The van der Waals surface area contributed by atoms with E-state index in [9.17, 15) is 10.1 Å². The summed E-state index contributed by atoms with van der Waals surface area (Å²) in [5, 5.41) is 15.0. The molecule has 3 rings (SSSR count). The van der Waals surface area contributed by atoms with Crippen molar-refractivity contribution >= 4 is 23.5 Å². The largest absolute Gasteiger partial charge is 0.378 e. The first-order valence-corrected chi connectivity index (χ1v) is 7.41. The number of hydrogen-bond acceptors (Lipinski definition) is 8. The van der Waals surface area contributed by atoms with Crippen molar-refractivity contribution < 1.29 is 9.66 Å². The number of aromatic nitrogens is 2. The molecule has 0 aliphatic carbocycles. The highest BCUT2D eigenvalue weighted by Crippen LogP contribution is 2.17. The first-order valence-electron chi connectivity index (χ1n) is 7.41. The van der Waals surface area contributed by atoms with Gasteiger partial charge in [0, 0.05) is 25.2 Å². The summed E-state index contributed by atoms with van der Waals surface area (Å²) in [7, 11) is 0. The third kappa shape index (κ3) is 3.82. The summed E-state index contributed by atoms with van der Waals surface area (Å²) in [6.07, 6.45) is 2.85. The van der Waals surface area contributed by atoms with Crippen molar-refractivity contribution in [2.45, 2.75) is 0 Å². The van der Waals surface area contributed by atoms with Gasteiger partial charge in [-0.05, 0) is 6.07 Å². The molecule has 2 aromatic rings. The lowest BCUT2D eigenvalue weighted by Crippen LogP contribution is -2.36. The van der Waals surface area contributed by atoms with Gasteiger partial charge in [-0.25, -0.2) is 9.97 Å². The number of nitrogens with one attached hydrogen (secondary N) is 1. The van der Waals surface area contributed by atoms with Crippen molar-refractivity contribution in [2.75, 3.05) is 36.6 Å². The van der Waals surface area contributed by atoms with Crippen LogP contribution in [-0.4, -0.2) is 47.4 Å². The predicted molar refractivity (Wildman–Crippen MR) is 89.4 cm³/mol. The van der Waals surface area contributed by atoms with E-state index in [1.807, 2.05) is 0 Å². The number of morpholine rings is 1. The quantitative estimate of drug-likeness (QED) is 0.505.